The van der Waals surface area contributed by atoms with Crippen molar-refractivity contribution in [2.45, 2.75) is 26.6 Å². The van der Waals surface area contributed by atoms with Crippen LogP contribution in [0.2, 0.25) is 0 Å². The number of amides is 1. The highest BCUT2D eigenvalue weighted by molar-refractivity contribution is 6.06. The minimum atomic E-state index is -1.14. The summed E-state index contributed by atoms with van der Waals surface area (Å²) < 4.78 is 16.0. The first kappa shape index (κ1) is 20.3. The van der Waals surface area contributed by atoms with E-state index in [0.29, 0.717) is 12.2 Å². The number of carbonyl (C=O) groups excluding carboxylic acids is 1. The van der Waals surface area contributed by atoms with Gasteiger partial charge in [-0.3, -0.25) is 4.79 Å². The normalized spacial score (nSPS) is 10.6. The quantitative estimate of drug-likeness (QED) is 0.734. The minimum absolute atomic E-state index is 0.0240. The van der Waals surface area contributed by atoms with Gasteiger partial charge >= 0.3 is 5.97 Å². The van der Waals surface area contributed by atoms with Crippen LogP contribution in [0.25, 0.3) is 0 Å². The Hall–Kier alpha value is -3.06. The topological polar surface area (TPSA) is 94.1 Å². The van der Waals surface area contributed by atoms with E-state index in [1.165, 1.54) is 26.4 Å². The van der Waals surface area contributed by atoms with E-state index in [2.05, 4.69) is 5.32 Å². The standard InChI is InChI=1S/C20H23NO6/c1-12(2)27-11-13-5-7-14(8-6-13)19(22)21-16-9-15(20(23)24)10-17(25-3)18(16)26-4/h5-10,12H,11H2,1-4H3,(H,21,22)(H,23,24). The van der Waals surface area contributed by atoms with Crippen molar-refractivity contribution in [1.82, 2.24) is 0 Å². The molecule has 0 aromatic heterocycles. The summed E-state index contributed by atoms with van der Waals surface area (Å²) >= 11 is 0. The fraction of sp³-hybridized carbons (Fsp3) is 0.300. The highest BCUT2D eigenvalue weighted by Gasteiger charge is 2.18. The molecule has 0 radical (unpaired) electrons. The molecule has 0 atom stereocenters. The molecular weight excluding hydrogens is 350 g/mol. The van der Waals surface area contributed by atoms with Crippen molar-refractivity contribution in [3.8, 4) is 11.5 Å². The van der Waals surface area contributed by atoms with Crippen LogP contribution in [0, 0.1) is 0 Å². The van der Waals surface area contributed by atoms with E-state index in [0.717, 1.165) is 5.56 Å². The monoisotopic (exact) mass is 373 g/mol. The lowest BCUT2D eigenvalue weighted by Gasteiger charge is -2.15. The van der Waals surface area contributed by atoms with Gasteiger partial charge in [0.25, 0.3) is 5.91 Å². The van der Waals surface area contributed by atoms with Gasteiger partial charge in [0.15, 0.2) is 11.5 Å². The minimum Gasteiger partial charge on any atom is -0.493 e. The number of methoxy groups -OCH3 is 2. The van der Waals surface area contributed by atoms with Crippen molar-refractivity contribution in [3.05, 3.63) is 53.1 Å². The number of benzene rings is 2. The summed E-state index contributed by atoms with van der Waals surface area (Å²) in [5.41, 5.74) is 1.56. The van der Waals surface area contributed by atoms with E-state index < -0.39 is 11.9 Å². The molecule has 2 N–H and O–H groups in total. The smallest absolute Gasteiger partial charge is 0.335 e. The zero-order chi connectivity index (χ0) is 20.0. The number of carboxylic acids is 1. The predicted molar refractivity (Wildman–Crippen MR) is 101 cm³/mol. The molecule has 0 aliphatic carbocycles. The van der Waals surface area contributed by atoms with Crippen molar-refractivity contribution in [2.75, 3.05) is 19.5 Å². The Morgan fingerprint density at radius 2 is 1.70 bits per heavy atom. The molecule has 0 fully saturated rings. The van der Waals surface area contributed by atoms with Crippen LogP contribution in [-0.2, 0) is 11.3 Å². The Morgan fingerprint density at radius 1 is 1.04 bits per heavy atom. The van der Waals surface area contributed by atoms with Gasteiger partial charge in [-0.1, -0.05) is 12.1 Å². The van der Waals surface area contributed by atoms with Crippen molar-refractivity contribution in [2.24, 2.45) is 0 Å². The molecule has 0 saturated carbocycles. The van der Waals surface area contributed by atoms with E-state index >= 15 is 0 Å². The molecule has 144 valence electrons. The van der Waals surface area contributed by atoms with E-state index in [9.17, 15) is 14.7 Å². The number of carboxylic acid groups (broad SMARTS) is 1. The highest BCUT2D eigenvalue weighted by atomic mass is 16.5. The number of aromatic carboxylic acids is 1. The van der Waals surface area contributed by atoms with Crippen LogP contribution in [0.4, 0.5) is 5.69 Å². The highest BCUT2D eigenvalue weighted by Crippen LogP contribution is 2.36. The van der Waals surface area contributed by atoms with Crippen LogP contribution in [-0.4, -0.2) is 37.3 Å². The number of hydrogen-bond donors (Lipinski definition) is 2. The molecule has 2 aromatic carbocycles. The lowest BCUT2D eigenvalue weighted by Crippen LogP contribution is -2.14. The molecule has 0 heterocycles. The van der Waals surface area contributed by atoms with Gasteiger partial charge in [-0.15, -0.1) is 0 Å². The second-order valence-electron chi connectivity index (χ2n) is 6.08. The molecule has 0 aliphatic rings. The molecule has 0 saturated heterocycles. The van der Waals surface area contributed by atoms with Gasteiger partial charge in [-0.2, -0.15) is 0 Å². The van der Waals surface area contributed by atoms with Gasteiger partial charge in [0.2, 0.25) is 0 Å². The average Bonchev–Trinajstić information content (AvgIpc) is 2.65. The summed E-state index contributed by atoms with van der Waals surface area (Å²) in [6, 6.07) is 9.64. The maximum absolute atomic E-state index is 12.6. The van der Waals surface area contributed by atoms with Crippen LogP contribution in [0.3, 0.4) is 0 Å². The van der Waals surface area contributed by atoms with Crippen LogP contribution in [0.1, 0.15) is 40.1 Å². The molecule has 0 bridgehead atoms. The van der Waals surface area contributed by atoms with Crippen molar-refractivity contribution >= 4 is 17.6 Å². The molecule has 2 rings (SSSR count). The van der Waals surface area contributed by atoms with E-state index in [4.69, 9.17) is 14.2 Å². The van der Waals surface area contributed by atoms with E-state index in [1.54, 1.807) is 12.1 Å². The fourth-order valence-corrected chi connectivity index (χ4v) is 2.39. The number of carbonyl (C=O) groups is 2. The van der Waals surface area contributed by atoms with Gasteiger partial charge in [0.1, 0.15) is 0 Å². The summed E-state index contributed by atoms with van der Waals surface area (Å²) in [5, 5.41) is 11.9. The third-order valence-electron chi connectivity index (χ3n) is 3.77. The first-order valence-electron chi connectivity index (χ1n) is 8.37. The molecular formula is C20H23NO6. The second kappa shape index (κ2) is 9.05. The SMILES string of the molecule is COc1cc(C(=O)O)cc(NC(=O)c2ccc(COC(C)C)cc2)c1OC. The van der Waals surface area contributed by atoms with Crippen LogP contribution < -0.4 is 14.8 Å². The predicted octanol–water partition coefficient (Wildman–Crippen LogP) is 3.58. The first-order valence-corrected chi connectivity index (χ1v) is 8.37. The number of ether oxygens (including phenoxy) is 3. The van der Waals surface area contributed by atoms with Gasteiger partial charge in [0.05, 0.1) is 38.2 Å². The fourth-order valence-electron chi connectivity index (χ4n) is 2.39. The number of rotatable bonds is 8. The van der Waals surface area contributed by atoms with E-state index in [-0.39, 0.29) is 28.9 Å². The number of nitrogens with one attached hydrogen (secondary N) is 1. The largest absolute Gasteiger partial charge is 0.493 e. The Morgan fingerprint density at radius 3 is 2.22 bits per heavy atom. The summed E-state index contributed by atoms with van der Waals surface area (Å²) in [7, 11) is 2.81. The zero-order valence-corrected chi connectivity index (χ0v) is 15.7. The molecule has 7 heteroatoms. The zero-order valence-electron chi connectivity index (χ0n) is 15.7. The Bertz CT molecular complexity index is 814. The summed E-state index contributed by atoms with van der Waals surface area (Å²) in [5.74, 6) is -1.07. The lowest BCUT2D eigenvalue weighted by molar-refractivity contribution is 0.0656. The summed E-state index contributed by atoms with van der Waals surface area (Å²) in [4.78, 5) is 23.9. The lowest BCUT2D eigenvalue weighted by atomic mass is 10.1. The Kier molecular flexibility index (Phi) is 6.79. The van der Waals surface area contributed by atoms with Crippen molar-refractivity contribution < 1.29 is 28.9 Å². The molecule has 0 unspecified atom stereocenters. The van der Waals surface area contributed by atoms with Crippen molar-refractivity contribution in [3.63, 3.8) is 0 Å². The molecule has 2 aromatic rings. The Labute approximate surface area is 157 Å². The molecule has 0 spiro atoms. The third-order valence-corrected chi connectivity index (χ3v) is 3.77. The first-order chi connectivity index (χ1) is 12.8. The molecule has 1 amide bonds. The summed E-state index contributed by atoms with van der Waals surface area (Å²) in [6.07, 6.45) is 0.122. The maximum Gasteiger partial charge on any atom is 0.335 e. The molecule has 0 aliphatic heterocycles. The third kappa shape index (κ3) is 5.21. The van der Waals surface area contributed by atoms with Gasteiger partial charge in [0, 0.05) is 5.56 Å². The van der Waals surface area contributed by atoms with Crippen LogP contribution >= 0.6 is 0 Å². The molecule has 27 heavy (non-hydrogen) atoms. The van der Waals surface area contributed by atoms with Gasteiger partial charge in [-0.05, 0) is 43.7 Å². The second-order valence-corrected chi connectivity index (χ2v) is 6.08. The van der Waals surface area contributed by atoms with Crippen LogP contribution in [0.5, 0.6) is 11.5 Å². The average molecular weight is 373 g/mol. The van der Waals surface area contributed by atoms with Crippen LogP contribution in [0.15, 0.2) is 36.4 Å². The number of anilines is 1. The van der Waals surface area contributed by atoms with Crippen molar-refractivity contribution in [1.29, 1.82) is 0 Å². The molecule has 7 nitrogen and oxygen atoms in total. The maximum atomic E-state index is 12.6. The van der Waals surface area contributed by atoms with Gasteiger partial charge in [-0.25, -0.2) is 4.79 Å². The van der Waals surface area contributed by atoms with E-state index in [1.807, 2.05) is 26.0 Å². The van der Waals surface area contributed by atoms with Gasteiger partial charge < -0.3 is 24.6 Å². The Balaban J connectivity index is 2.24. The number of hydrogen-bond acceptors (Lipinski definition) is 5. The summed E-state index contributed by atoms with van der Waals surface area (Å²) in [6.45, 7) is 4.37.